The number of amides is 1. The molecule has 1 aromatic carbocycles. The number of nitriles is 1. The number of piperazine rings is 1. The van der Waals surface area contributed by atoms with E-state index in [4.69, 9.17) is 5.26 Å². The fraction of sp³-hybridized carbons (Fsp3) is 0.381. The maximum Gasteiger partial charge on any atom is 0.228 e. The summed E-state index contributed by atoms with van der Waals surface area (Å²) >= 11 is 0. The lowest BCUT2D eigenvalue weighted by atomic mass is 10.1. The first kappa shape index (κ1) is 17.5. The van der Waals surface area contributed by atoms with E-state index in [1.165, 1.54) is 5.56 Å². The number of rotatable bonds is 5. The minimum Gasteiger partial charge on any atom is -0.368 e. The molecule has 1 saturated carbocycles. The summed E-state index contributed by atoms with van der Waals surface area (Å²) in [6, 6.07) is 13.9. The van der Waals surface area contributed by atoms with Gasteiger partial charge in [-0.3, -0.25) is 9.69 Å². The number of nitrogens with one attached hydrogen (secondary N) is 1. The van der Waals surface area contributed by atoms with Gasteiger partial charge in [0.15, 0.2) is 0 Å². The molecule has 1 N–H and O–H groups in total. The number of nitrogens with zero attached hydrogens (tertiary/aromatic N) is 4. The predicted octanol–water partition coefficient (Wildman–Crippen LogP) is 2.62. The van der Waals surface area contributed by atoms with Gasteiger partial charge in [0, 0.05) is 38.6 Å². The van der Waals surface area contributed by atoms with E-state index in [1.807, 2.05) is 42.6 Å². The van der Waals surface area contributed by atoms with Gasteiger partial charge in [0.1, 0.15) is 5.82 Å². The van der Waals surface area contributed by atoms with E-state index < -0.39 is 0 Å². The standard InChI is InChI=1S/C21H23N5O/c22-13-16-1-3-17(4-2-16)15-25-9-11-26(12-10-25)19-7-8-20(23-14-19)24-21(27)18-5-6-18/h1-4,7-8,14,18H,5-6,9-12,15H2,(H,23,24,27). The van der Waals surface area contributed by atoms with Gasteiger partial charge in [-0.05, 0) is 42.7 Å². The van der Waals surface area contributed by atoms with Crippen molar-refractivity contribution in [3.8, 4) is 6.07 Å². The Morgan fingerprint density at radius 1 is 1.11 bits per heavy atom. The van der Waals surface area contributed by atoms with Crippen LogP contribution in [0.2, 0.25) is 0 Å². The Balaban J connectivity index is 1.28. The van der Waals surface area contributed by atoms with Gasteiger partial charge >= 0.3 is 0 Å². The molecule has 2 fully saturated rings. The smallest absolute Gasteiger partial charge is 0.228 e. The first-order chi connectivity index (χ1) is 13.2. The largest absolute Gasteiger partial charge is 0.368 e. The number of anilines is 2. The average molecular weight is 361 g/mol. The zero-order chi connectivity index (χ0) is 18.6. The highest BCUT2D eigenvalue weighted by atomic mass is 16.2. The third-order valence-electron chi connectivity index (χ3n) is 5.17. The SMILES string of the molecule is N#Cc1ccc(CN2CCN(c3ccc(NC(=O)C4CC4)nc3)CC2)cc1. The molecule has 0 bridgehead atoms. The van der Waals surface area contributed by atoms with Crippen LogP contribution in [0.15, 0.2) is 42.6 Å². The van der Waals surface area contributed by atoms with Crippen LogP contribution < -0.4 is 10.2 Å². The van der Waals surface area contributed by atoms with Crippen LogP contribution in [0.25, 0.3) is 0 Å². The number of carbonyl (C=O) groups excluding carboxylic acids is 1. The lowest BCUT2D eigenvalue weighted by Crippen LogP contribution is -2.46. The molecular weight excluding hydrogens is 338 g/mol. The van der Waals surface area contributed by atoms with Gasteiger partial charge in [-0.15, -0.1) is 0 Å². The third kappa shape index (κ3) is 4.44. The van der Waals surface area contributed by atoms with Crippen molar-refractivity contribution in [1.29, 1.82) is 5.26 Å². The second kappa shape index (κ2) is 7.77. The molecule has 138 valence electrons. The number of carbonyl (C=O) groups is 1. The Morgan fingerprint density at radius 2 is 1.85 bits per heavy atom. The van der Waals surface area contributed by atoms with Crippen LogP contribution in [0.4, 0.5) is 11.5 Å². The van der Waals surface area contributed by atoms with Crippen molar-refractivity contribution < 1.29 is 4.79 Å². The third-order valence-corrected chi connectivity index (χ3v) is 5.17. The van der Waals surface area contributed by atoms with E-state index >= 15 is 0 Å². The monoisotopic (exact) mass is 361 g/mol. The summed E-state index contributed by atoms with van der Waals surface area (Å²) < 4.78 is 0. The van der Waals surface area contributed by atoms with E-state index in [1.54, 1.807) is 0 Å². The van der Waals surface area contributed by atoms with Crippen molar-refractivity contribution in [1.82, 2.24) is 9.88 Å². The fourth-order valence-electron chi connectivity index (χ4n) is 3.33. The molecule has 1 saturated heterocycles. The summed E-state index contributed by atoms with van der Waals surface area (Å²) in [6.07, 6.45) is 3.84. The molecule has 1 amide bonds. The molecule has 1 aliphatic heterocycles. The molecule has 1 aromatic heterocycles. The lowest BCUT2D eigenvalue weighted by molar-refractivity contribution is -0.117. The highest BCUT2D eigenvalue weighted by molar-refractivity contribution is 5.93. The molecule has 2 aliphatic rings. The van der Waals surface area contributed by atoms with Gasteiger partial charge in [-0.25, -0.2) is 4.98 Å². The number of benzene rings is 1. The molecular formula is C21H23N5O. The molecule has 6 heteroatoms. The summed E-state index contributed by atoms with van der Waals surface area (Å²) in [4.78, 5) is 20.9. The fourth-order valence-corrected chi connectivity index (χ4v) is 3.33. The average Bonchev–Trinajstić information content (AvgIpc) is 3.55. The summed E-state index contributed by atoms with van der Waals surface area (Å²) in [5.41, 5.74) is 3.03. The van der Waals surface area contributed by atoms with Crippen LogP contribution in [-0.2, 0) is 11.3 Å². The quantitative estimate of drug-likeness (QED) is 0.886. The molecule has 0 unspecified atom stereocenters. The van der Waals surface area contributed by atoms with E-state index in [9.17, 15) is 4.79 Å². The molecule has 1 aliphatic carbocycles. The summed E-state index contributed by atoms with van der Waals surface area (Å²) in [6.45, 7) is 4.78. The van der Waals surface area contributed by atoms with Crippen molar-refractivity contribution in [3.63, 3.8) is 0 Å². The highest BCUT2D eigenvalue weighted by Gasteiger charge is 2.29. The Morgan fingerprint density at radius 3 is 2.44 bits per heavy atom. The molecule has 6 nitrogen and oxygen atoms in total. The van der Waals surface area contributed by atoms with Gasteiger partial charge in [0.25, 0.3) is 0 Å². The number of aromatic nitrogens is 1. The zero-order valence-corrected chi connectivity index (χ0v) is 15.3. The van der Waals surface area contributed by atoms with E-state index in [0.717, 1.165) is 51.3 Å². The normalized spacial score (nSPS) is 17.4. The van der Waals surface area contributed by atoms with Crippen LogP contribution in [-0.4, -0.2) is 42.0 Å². The highest BCUT2D eigenvalue weighted by Crippen LogP contribution is 2.30. The van der Waals surface area contributed by atoms with Crippen LogP contribution in [0.3, 0.4) is 0 Å². The summed E-state index contributed by atoms with van der Waals surface area (Å²) in [5.74, 6) is 0.914. The molecule has 0 atom stereocenters. The van der Waals surface area contributed by atoms with Gasteiger partial charge in [0.05, 0.1) is 23.5 Å². The Labute approximate surface area is 159 Å². The first-order valence-corrected chi connectivity index (χ1v) is 9.44. The van der Waals surface area contributed by atoms with Crippen LogP contribution >= 0.6 is 0 Å². The van der Waals surface area contributed by atoms with Crippen molar-refractivity contribution in [3.05, 3.63) is 53.7 Å². The maximum atomic E-state index is 11.8. The second-order valence-electron chi connectivity index (χ2n) is 7.24. The lowest BCUT2D eigenvalue weighted by Gasteiger charge is -2.36. The number of hydrogen-bond donors (Lipinski definition) is 1. The van der Waals surface area contributed by atoms with Crippen LogP contribution in [0, 0.1) is 17.2 Å². The van der Waals surface area contributed by atoms with Crippen LogP contribution in [0.5, 0.6) is 0 Å². The predicted molar refractivity (Wildman–Crippen MR) is 104 cm³/mol. The number of hydrogen-bond acceptors (Lipinski definition) is 5. The van der Waals surface area contributed by atoms with Gasteiger partial charge in [0.2, 0.25) is 5.91 Å². The molecule has 0 spiro atoms. The molecule has 4 rings (SSSR count). The Bertz CT molecular complexity index is 828. The topological polar surface area (TPSA) is 72.3 Å². The van der Waals surface area contributed by atoms with Gasteiger partial charge < -0.3 is 10.2 Å². The van der Waals surface area contributed by atoms with E-state index in [-0.39, 0.29) is 11.8 Å². The second-order valence-corrected chi connectivity index (χ2v) is 7.24. The van der Waals surface area contributed by atoms with Crippen molar-refractivity contribution in [2.45, 2.75) is 19.4 Å². The Hall–Kier alpha value is -2.91. The van der Waals surface area contributed by atoms with Gasteiger partial charge in [-0.2, -0.15) is 5.26 Å². The van der Waals surface area contributed by atoms with Crippen LogP contribution in [0.1, 0.15) is 24.0 Å². The van der Waals surface area contributed by atoms with Gasteiger partial charge in [-0.1, -0.05) is 12.1 Å². The molecule has 2 aromatic rings. The Kier molecular flexibility index (Phi) is 5.03. The van der Waals surface area contributed by atoms with Crippen molar-refractivity contribution in [2.75, 3.05) is 36.4 Å². The maximum absolute atomic E-state index is 11.8. The van der Waals surface area contributed by atoms with E-state index in [0.29, 0.717) is 11.4 Å². The minimum absolute atomic E-state index is 0.0895. The summed E-state index contributed by atoms with van der Waals surface area (Å²) in [5, 5.41) is 11.8. The van der Waals surface area contributed by atoms with Crippen molar-refractivity contribution in [2.24, 2.45) is 5.92 Å². The number of pyridine rings is 1. The molecule has 2 heterocycles. The summed E-state index contributed by atoms with van der Waals surface area (Å²) in [7, 11) is 0. The van der Waals surface area contributed by atoms with Crippen molar-refractivity contribution >= 4 is 17.4 Å². The molecule has 27 heavy (non-hydrogen) atoms. The zero-order valence-electron chi connectivity index (χ0n) is 15.3. The molecule has 0 radical (unpaired) electrons. The minimum atomic E-state index is 0.0895. The first-order valence-electron chi connectivity index (χ1n) is 9.44. The van der Waals surface area contributed by atoms with E-state index in [2.05, 4.69) is 26.2 Å².